The molecule has 2 nitrogen and oxygen atoms in total. The number of aliphatic imine (C=N–C) groups is 1. The summed E-state index contributed by atoms with van der Waals surface area (Å²) >= 11 is 0. The minimum absolute atomic E-state index is 0.0280. The van der Waals surface area contributed by atoms with E-state index >= 15 is 0 Å². The van der Waals surface area contributed by atoms with Gasteiger partial charge in [-0.2, -0.15) is 0 Å². The molecule has 2 heteroatoms. The molecule has 13 heavy (non-hydrogen) atoms. The summed E-state index contributed by atoms with van der Waals surface area (Å²) < 4.78 is 0. The van der Waals surface area contributed by atoms with Crippen molar-refractivity contribution in [2.75, 3.05) is 0 Å². The molecule has 0 N–H and O–H groups in total. The van der Waals surface area contributed by atoms with Crippen LogP contribution < -0.4 is 0 Å². The van der Waals surface area contributed by atoms with Crippen molar-refractivity contribution in [3.05, 3.63) is 35.4 Å². The zero-order chi connectivity index (χ0) is 9.68. The van der Waals surface area contributed by atoms with Crippen LogP contribution in [0.15, 0.2) is 29.3 Å². The monoisotopic (exact) mass is 175 g/mol. The first-order chi connectivity index (χ1) is 6.22. The maximum absolute atomic E-state index is 9.97. The van der Waals surface area contributed by atoms with E-state index in [4.69, 9.17) is 0 Å². The van der Waals surface area contributed by atoms with Crippen molar-refractivity contribution >= 4 is 6.08 Å². The Kier molecular flexibility index (Phi) is 3.41. The van der Waals surface area contributed by atoms with E-state index in [2.05, 4.69) is 36.2 Å². The second-order valence-corrected chi connectivity index (χ2v) is 3.26. The molecule has 1 rings (SSSR count). The molecule has 0 saturated carbocycles. The van der Waals surface area contributed by atoms with E-state index in [1.807, 2.05) is 6.92 Å². The summed E-state index contributed by atoms with van der Waals surface area (Å²) in [5.41, 5.74) is 2.45. The highest BCUT2D eigenvalue weighted by molar-refractivity contribution is 5.33. The average Bonchev–Trinajstić information content (AvgIpc) is 2.09. The van der Waals surface area contributed by atoms with Gasteiger partial charge in [0, 0.05) is 0 Å². The summed E-state index contributed by atoms with van der Waals surface area (Å²) in [6.07, 6.45) is 2.38. The number of carbonyl (C=O) groups excluding carboxylic acids is 1. The molecule has 0 saturated heterocycles. The van der Waals surface area contributed by atoms with Gasteiger partial charge in [0.25, 0.3) is 0 Å². The Hall–Kier alpha value is -1.40. The van der Waals surface area contributed by atoms with Gasteiger partial charge in [-0.05, 0) is 25.8 Å². The van der Waals surface area contributed by atoms with Gasteiger partial charge >= 0.3 is 0 Å². The van der Waals surface area contributed by atoms with Crippen molar-refractivity contribution in [1.82, 2.24) is 0 Å². The number of benzene rings is 1. The van der Waals surface area contributed by atoms with E-state index in [1.54, 1.807) is 6.08 Å². The number of aryl methyl sites for hydroxylation is 1. The van der Waals surface area contributed by atoms with Gasteiger partial charge in [0.15, 0.2) is 0 Å². The minimum Gasteiger partial charge on any atom is -0.211 e. The number of hydrogen-bond acceptors (Lipinski definition) is 2. The molecule has 0 aromatic heterocycles. The lowest BCUT2D eigenvalue weighted by atomic mass is 10.1. The number of rotatable bonds is 3. The maximum atomic E-state index is 9.97. The Bertz CT molecular complexity index is 309. The molecule has 0 aliphatic rings. The molecule has 0 spiro atoms. The van der Waals surface area contributed by atoms with Crippen LogP contribution in [0, 0.1) is 6.92 Å². The lowest BCUT2D eigenvalue weighted by Crippen LogP contribution is -2.02. The van der Waals surface area contributed by atoms with E-state index in [-0.39, 0.29) is 6.04 Å². The zero-order valence-corrected chi connectivity index (χ0v) is 7.95. The second-order valence-electron chi connectivity index (χ2n) is 3.26. The summed E-state index contributed by atoms with van der Waals surface area (Å²) in [4.78, 5) is 13.6. The van der Waals surface area contributed by atoms with Gasteiger partial charge in [-0.25, -0.2) is 9.79 Å². The third-order valence-corrected chi connectivity index (χ3v) is 1.92. The number of nitrogens with zero attached hydrogens (tertiary/aromatic N) is 1. The van der Waals surface area contributed by atoms with Gasteiger partial charge in [0.2, 0.25) is 6.08 Å². The Labute approximate surface area is 78.3 Å². The standard InChI is InChI=1S/C11H13NO/c1-9-3-5-11(6-4-9)7-10(2)12-8-13/h3-6,10H,7H2,1-2H3. The first-order valence-corrected chi connectivity index (χ1v) is 4.35. The number of hydrogen-bond donors (Lipinski definition) is 0. The van der Waals surface area contributed by atoms with Crippen LogP contribution in [0.4, 0.5) is 0 Å². The molecule has 0 fully saturated rings. The van der Waals surface area contributed by atoms with Crippen LogP contribution in [-0.2, 0) is 11.2 Å². The van der Waals surface area contributed by atoms with E-state index in [0.717, 1.165) is 6.42 Å². The van der Waals surface area contributed by atoms with Crippen molar-refractivity contribution in [3.63, 3.8) is 0 Å². The van der Waals surface area contributed by atoms with Crippen molar-refractivity contribution in [2.45, 2.75) is 26.3 Å². The Morgan fingerprint density at radius 3 is 2.54 bits per heavy atom. The van der Waals surface area contributed by atoms with Gasteiger partial charge < -0.3 is 0 Å². The Balaban J connectivity index is 2.64. The molecule has 68 valence electrons. The first kappa shape index (κ1) is 9.69. The molecule has 1 unspecified atom stereocenters. The van der Waals surface area contributed by atoms with Crippen LogP contribution in [0.2, 0.25) is 0 Å². The van der Waals surface area contributed by atoms with Crippen LogP contribution in [0.5, 0.6) is 0 Å². The highest BCUT2D eigenvalue weighted by atomic mass is 16.1. The normalized spacial score (nSPS) is 11.8. The summed E-state index contributed by atoms with van der Waals surface area (Å²) in [5.74, 6) is 0. The van der Waals surface area contributed by atoms with Crippen LogP contribution in [0.1, 0.15) is 18.1 Å². The highest BCUT2D eigenvalue weighted by Crippen LogP contribution is 2.07. The summed E-state index contributed by atoms with van der Waals surface area (Å²) in [5, 5.41) is 0. The fraction of sp³-hybridized carbons (Fsp3) is 0.364. The number of isocyanates is 1. The van der Waals surface area contributed by atoms with E-state index in [0.29, 0.717) is 0 Å². The summed E-state index contributed by atoms with van der Waals surface area (Å²) in [6.45, 7) is 3.96. The summed E-state index contributed by atoms with van der Waals surface area (Å²) in [6, 6.07) is 8.28. The molecule has 0 radical (unpaired) electrons. The van der Waals surface area contributed by atoms with Crippen LogP contribution >= 0.6 is 0 Å². The first-order valence-electron chi connectivity index (χ1n) is 4.35. The topological polar surface area (TPSA) is 29.4 Å². The SMILES string of the molecule is Cc1ccc(CC(C)N=C=O)cc1. The predicted molar refractivity (Wildman–Crippen MR) is 52.5 cm³/mol. The van der Waals surface area contributed by atoms with Crippen molar-refractivity contribution in [2.24, 2.45) is 4.99 Å². The Morgan fingerprint density at radius 1 is 1.38 bits per heavy atom. The zero-order valence-electron chi connectivity index (χ0n) is 7.95. The van der Waals surface area contributed by atoms with Crippen LogP contribution in [0.25, 0.3) is 0 Å². The lowest BCUT2D eigenvalue weighted by Gasteiger charge is -2.03. The third kappa shape index (κ3) is 3.22. The molecular formula is C11H13NO. The van der Waals surface area contributed by atoms with Crippen LogP contribution in [-0.4, -0.2) is 12.1 Å². The largest absolute Gasteiger partial charge is 0.235 e. The Morgan fingerprint density at radius 2 is 2.00 bits per heavy atom. The third-order valence-electron chi connectivity index (χ3n) is 1.92. The molecule has 0 bridgehead atoms. The molecule has 1 aromatic rings. The van der Waals surface area contributed by atoms with Gasteiger partial charge in [0.1, 0.15) is 0 Å². The lowest BCUT2D eigenvalue weighted by molar-refractivity contribution is 0.558. The molecular weight excluding hydrogens is 162 g/mol. The van der Waals surface area contributed by atoms with E-state index in [9.17, 15) is 4.79 Å². The van der Waals surface area contributed by atoms with Gasteiger partial charge in [-0.3, -0.25) is 0 Å². The van der Waals surface area contributed by atoms with E-state index < -0.39 is 0 Å². The molecule has 0 heterocycles. The quantitative estimate of drug-likeness (QED) is 0.511. The smallest absolute Gasteiger partial charge is 0.211 e. The molecule has 0 amide bonds. The molecule has 1 atom stereocenters. The van der Waals surface area contributed by atoms with Crippen molar-refractivity contribution in [3.8, 4) is 0 Å². The highest BCUT2D eigenvalue weighted by Gasteiger charge is 2.00. The molecule has 0 aliphatic carbocycles. The van der Waals surface area contributed by atoms with Crippen molar-refractivity contribution < 1.29 is 4.79 Å². The second kappa shape index (κ2) is 4.58. The van der Waals surface area contributed by atoms with Crippen LogP contribution in [0.3, 0.4) is 0 Å². The fourth-order valence-electron chi connectivity index (χ4n) is 1.20. The average molecular weight is 175 g/mol. The summed E-state index contributed by atoms with van der Waals surface area (Å²) in [7, 11) is 0. The molecule has 0 aliphatic heterocycles. The molecule has 1 aromatic carbocycles. The minimum atomic E-state index is 0.0280. The van der Waals surface area contributed by atoms with Gasteiger partial charge in [0.05, 0.1) is 6.04 Å². The fourth-order valence-corrected chi connectivity index (χ4v) is 1.20. The predicted octanol–water partition coefficient (Wildman–Crippen LogP) is 2.26. The van der Waals surface area contributed by atoms with Gasteiger partial charge in [-0.1, -0.05) is 29.8 Å². The van der Waals surface area contributed by atoms with Crippen molar-refractivity contribution in [1.29, 1.82) is 0 Å². The van der Waals surface area contributed by atoms with Gasteiger partial charge in [-0.15, -0.1) is 0 Å². The maximum Gasteiger partial charge on any atom is 0.235 e. The van der Waals surface area contributed by atoms with E-state index in [1.165, 1.54) is 11.1 Å².